The summed E-state index contributed by atoms with van der Waals surface area (Å²) < 4.78 is 54.5. The number of hydrogen-bond donors (Lipinski definition) is 1. The largest absolute Gasteiger partial charge is 0.490 e. The van der Waals surface area contributed by atoms with E-state index in [1.807, 2.05) is 30.3 Å². The lowest BCUT2D eigenvalue weighted by molar-refractivity contribution is 0.297. The second-order valence-corrected chi connectivity index (χ2v) is 5.85. The molecule has 21 heavy (non-hydrogen) atoms. The van der Waals surface area contributed by atoms with E-state index in [0.29, 0.717) is 6.42 Å². The summed E-state index contributed by atoms with van der Waals surface area (Å²) in [4.78, 5) is -0.893. The fourth-order valence-corrected chi connectivity index (χ4v) is 2.37. The zero-order valence-corrected chi connectivity index (χ0v) is 11.7. The molecule has 0 unspecified atom stereocenters. The summed E-state index contributed by atoms with van der Waals surface area (Å²) in [5.74, 6) is -3.25. The molecule has 0 bridgehead atoms. The van der Waals surface area contributed by atoms with Crippen LogP contribution in [-0.2, 0) is 16.4 Å². The van der Waals surface area contributed by atoms with Crippen molar-refractivity contribution in [3.63, 3.8) is 0 Å². The first-order valence-corrected chi connectivity index (χ1v) is 7.62. The molecule has 0 atom stereocenters. The minimum Gasteiger partial charge on any atom is -0.490 e. The first-order chi connectivity index (χ1) is 9.89. The second kappa shape index (κ2) is 6.19. The van der Waals surface area contributed by atoms with Crippen molar-refractivity contribution in [1.29, 1.82) is 0 Å². The van der Waals surface area contributed by atoms with Crippen LogP contribution in [0.15, 0.2) is 47.4 Å². The normalized spacial score (nSPS) is 11.4. The lowest BCUT2D eigenvalue weighted by Crippen LogP contribution is -2.15. The molecule has 0 radical (unpaired) electrons. The highest BCUT2D eigenvalue weighted by Crippen LogP contribution is 2.25. The lowest BCUT2D eigenvalue weighted by Gasteiger charge is -2.09. The second-order valence-electron chi connectivity index (χ2n) is 4.32. The van der Waals surface area contributed by atoms with Crippen molar-refractivity contribution in [3.8, 4) is 5.75 Å². The van der Waals surface area contributed by atoms with E-state index < -0.39 is 26.6 Å². The Morgan fingerprint density at radius 1 is 1.00 bits per heavy atom. The van der Waals surface area contributed by atoms with E-state index in [0.717, 1.165) is 17.7 Å². The third kappa shape index (κ3) is 3.77. The molecular weight excluding hydrogens is 300 g/mol. The van der Waals surface area contributed by atoms with Gasteiger partial charge in [-0.25, -0.2) is 17.9 Å². The van der Waals surface area contributed by atoms with Crippen LogP contribution in [0.2, 0.25) is 0 Å². The molecule has 0 amide bonds. The molecule has 0 aliphatic heterocycles. The van der Waals surface area contributed by atoms with Gasteiger partial charge in [-0.15, -0.1) is 0 Å². The van der Waals surface area contributed by atoms with Crippen LogP contribution in [0, 0.1) is 11.6 Å². The van der Waals surface area contributed by atoms with Gasteiger partial charge in [0.15, 0.2) is 11.6 Å². The Hall–Kier alpha value is -1.99. The van der Waals surface area contributed by atoms with Crippen LogP contribution in [0.4, 0.5) is 8.78 Å². The highest BCUT2D eigenvalue weighted by Gasteiger charge is 2.21. The van der Waals surface area contributed by atoms with E-state index >= 15 is 0 Å². The zero-order valence-electron chi connectivity index (χ0n) is 10.9. The summed E-state index contributed by atoms with van der Waals surface area (Å²) in [6.07, 6.45) is 0.513. The van der Waals surface area contributed by atoms with Crippen molar-refractivity contribution >= 4 is 10.0 Å². The molecule has 4 nitrogen and oxygen atoms in total. The molecule has 2 N–H and O–H groups in total. The highest BCUT2D eigenvalue weighted by atomic mass is 32.2. The summed E-state index contributed by atoms with van der Waals surface area (Å²) >= 11 is 0. The average molecular weight is 313 g/mol. The van der Waals surface area contributed by atoms with Gasteiger partial charge in [-0.2, -0.15) is 4.39 Å². The Kier molecular flexibility index (Phi) is 4.54. The van der Waals surface area contributed by atoms with Gasteiger partial charge in [0.25, 0.3) is 0 Å². The van der Waals surface area contributed by atoms with Crippen LogP contribution in [0.3, 0.4) is 0 Å². The maximum absolute atomic E-state index is 13.7. The molecular formula is C14H13F2NO3S. The average Bonchev–Trinajstić information content (AvgIpc) is 2.43. The molecule has 0 fully saturated rings. The van der Waals surface area contributed by atoms with Crippen LogP contribution in [0.5, 0.6) is 5.75 Å². The van der Waals surface area contributed by atoms with Crippen molar-refractivity contribution in [2.24, 2.45) is 5.14 Å². The Balaban J connectivity index is 2.10. The van der Waals surface area contributed by atoms with Crippen LogP contribution in [0.1, 0.15) is 5.56 Å². The van der Waals surface area contributed by atoms with Crippen molar-refractivity contribution in [2.75, 3.05) is 6.61 Å². The Bertz CT molecular complexity index is 733. The third-order valence-electron chi connectivity index (χ3n) is 2.81. The van der Waals surface area contributed by atoms with Gasteiger partial charge >= 0.3 is 0 Å². The van der Waals surface area contributed by atoms with E-state index in [4.69, 9.17) is 9.88 Å². The fraction of sp³-hybridized carbons (Fsp3) is 0.143. The summed E-state index contributed by atoms with van der Waals surface area (Å²) in [5.41, 5.74) is 0.986. The van der Waals surface area contributed by atoms with E-state index in [-0.39, 0.29) is 12.4 Å². The maximum Gasteiger partial charge on any atom is 0.241 e. The van der Waals surface area contributed by atoms with Gasteiger partial charge in [-0.05, 0) is 17.7 Å². The number of hydrogen-bond acceptors (Lipinski definition) is 3. The number of primary sulfonamides is 1. The summed E-state index contributed by atoms with van der Waals surface area (Å²) in [6.45, 7) is 0.134. The fourth-order valence-electron chi connectivity index (χ4n) is 1.77. The molecule has 0 heterocycles. The van der Waals surface area contributed by atoms with E-state index in [9.17, 15) is 17.2 Å². The third-order valence-corrected chi connectivity index (χ3v) is 3.74. The number of sulfonamides is 1. The van der Waals surface area contributed by atoms with Crippen molar-refractivity contribution in [1.82, 2.24) is 0 Å². The van der Waals surface area contributed by atoms with Gasteiger partial charge in [0.05, 0.1) is 6.61 Å². The molecule has 0 spiro atoms. The van der Waals surface area contributed by atoms with Crippen molar-refractivity contribution in [3.05, 3.63) is 59.7 Å². The maximum atomic E-state index is 13.7. The molecule has 0 aromatic heterocycles. The molecule has 0 aliphatic carbocycles. The first kappa shape index (κ1) is 15.4. The van der Waals surface area contributed by atoms with E-state index in [2.05, 4.69) is 0 Å². The number of rotatable bonds is 5. The molecule has 2 aromatic carbocycles. The highest BCUT2D eigenvalue weighted by molar-refractivity contribution is 7.89. The minimum absolute atomic E-state index is 0.134. The van der Waals surface area contributed by atoms with Crippen LogP contribution in [0.25, 0.3) is 0 Å². The van der Waals surface area contributed by atoms with Crippen molar-refractivity contribution in [2.45, 2.75) is 11.3 Å². The van der Waals surface area contributed by atoms with Crippen LogP contribution >= 0.6 is 0 Å². The van der Waals surface area contributed by atoms with Crippen LogP contribution < -0.4 is 9.88 Å². The predicted octanol–water partition coefficient (Wildman–Crippen LogP) is 2.23. The number of halogens is 2. The molecule has 112 valence electrons. The molecule has 7 heteroatoms. The Labute approximate surface area is 121 Å². The first-order valence-electron chi connectivity index (χ1n) is 6.07. The van der Waals surface area contributed by atoms with Gasteiger partial charge in [0, 0.05) is 6.42 Å². The SMILES string of the molecule is NS(=O)(=O)c1ccc(OCCc2ccccc2)c(F)c1F. The van der Waals surface area contributed by atoms with E-state index in [1.165, 1.54) is 0 Å². The van der Waals surface area contributed by atoms with Gasteiger partial charge < -0.3 is 4.74 Å². The van der Waals surface area contributed by atoms with Gasteiger partial charge in [0.1, 0.15) is 4.90 Å². The lowest BCUT2D eigenvalue weighted by atomic mass is 10.2. The smallest absolute Gasteiger partial charge is 0.241 e. The molecule has 0 aliphatic rings. The summed E-state index contributed by atoms with van der Waals surface area (Å²) in [6, 6.07) is 11.3. The molecule has 2 aromatic rings. The quantitative estimate of drug-likeness (QED) is 0.920. The van der Waals surface area contributed by atoms with Crippen LogP contribution in [-0.4, -0.2) is 15.0 Å². The van der Waals surface area contributed by atoms with E-state index in [1.54, 1.807) is 0 Å². The standard InChI is InChI=1S/C14H13F2NO3S/c15-13-11(6-7-12(14(13)16)21(17,18)19)20-9-8-10-4-2-1-3-5-10/h1-7H,8-9H2,(H2,17,18,19). The topological polar surface area (TPSA) is 69.4 Å². The number of nitrogens with two attached hydrogens (primary N) is 1. The van der Waals surface area contributed by atoms with Gasteiger partial charge in [-0.1, -0.05) is 30.3 Å². The molecule has 0 saturated heterocycles. The van der Waals surface area contributed by atoms with Gasteiger partial charge in [-0.3, -0.25) is 0 Å². The van der Waals surface area contributed by atoms with Gasteiger partial charge in [0.2, 0.25) is 15.8 Å². The summed E-state index contributed by atoms with van der Waals surface area (Å²) in [5, 5.41) is 4.78. The van der Waals surface area contributed by atoms with Crippen molar-refractivity contribution < 1.29 is 21.9 Å². The number of benzene rings is 2. The predicted molar refractivity (Wildman–Crippen MR) is 73.4 cm³/mol. The molecule has 0 saturated carbocycles. The summed E-state index contributed by atoms with van der Waals surface area (Å²) in [7, 11) is -4.31. The Morgan fingerprint density at radius 3 is 2.29 bits per heavy atom. The molecule has 2 rings (SSSR count). The Morgan fingerprint density at radius 2 is 1.67 bits per heavy atom. The monoisotopic (exact) mass is 313 g/mol. The number of ether oxygens (including phenoxy) is 1. The zero-order chi connectivity index (χ0) is 15.5. The minimum atomic E-state index is -4.31.